The molecule has 0 spiro atoms. The van der Waals surface area contributed by atoms with Crippen LogP contribution in [0.4, 0.5) is 0 Å². The summed E-state index contributed by atoms with van der Waals surface area (Å²) in [6.07, 6.45) is 0.680. The van der Waals surface area contributed by atoms with E-state index in [9.17, 15) is 9.59 Å². The number of fused-ring (bicyclic) bond motifs is 2. The summed E-state index contributed by atoms with van der Waals surface area (Å²) in [5.41, 5.74) is 0. The van der Waals surface area contributed by atoms with Crippen LogP contribution in [0.2, 0.25) is 0 Å². The highest BCUT2D eigenvalue weighted by molar-refractivity contribution is 9.12. The summed E-state index contributed by atoms with van der Waals surface area (Å²) < 4.78 is 0. The highest BCUT2D eigenvalue weighted by Crippen LogP contribution is 2.57. The Morgan fingerprint density at radius 1 is 0.933 bits per heavy atom. The van der Waals surface area contributed by atoms with Gasteiger partial charge < -0.3 is 10.2 Å². The molecule has 0 amide bonds. The van der Waals surface area contributed by atoms with Crippen LogP contribution in [0, 0.1) is 23.7 Å². The minimum absolute atomic E-state index is 0.0687. The maximum absolute atomic E-state index is 11.1. The van der Waals surface area contributed by atoms with E-state index in [2.05, 4.69) is 31.9 Å². The third-order valence-electron chi connectivity index (χ3n) is 3.55. The molecular formula is C9H10Br2O4. The second-order valence-electron chi connectivity index (χ2n) is 4.18. The van der Waals surface area contributed by atoms with Crippen LogP contribution < -0.4 is 0 Å². The smallest absolute Gasteiger partial charge is 0.307 e. The molecule has 2 rings (SSSR count). The van der Waals surface area contributed by atoms with E-state index in [4.69, 9.17) is 10.2 Å². The van der Waals surface area contributed by atoms with Crippen molar-refractivity contribution in [3.63, 3.8) is 0 Å². The Labute approximate surface area is 103 Å². The Morgan fingerprint density at radius 2 is 1.27 bits per heavy atom. The molecule has 2 aliphatic rings. The molecule has 0 unspecified atom stereocenters. The number of alkyl halides is 2. The average Bonchev–Trinajstić information content (AvgIpc) is 2.64. The van der Waals surface area contributed by atoms with Crippen LogP contribution in [0.25, 0.3) is 0 Å². The molecule has 0 saturated heterocycles. The number of hydrogen-bond acceptors (Lipinski definition) is 2. The highest BCUT2D eigenvalue weighted by atomic mass is 79.9. The summed E-state index contributed by atoms with van der Waals surface area (Å²) in [6.45, 7) is 0. The minimum atomic E-state index is -0.987. The molecule has 0 radical (unpaired) electrons. The van der Waals surface area contributed by atoms with Crippen LogP contribution in [0.1, 0.15) is 6.42 Å². The first kappa shape index (κ1) is 11.4. The minimum Gasteiger partial charge on any atom is -0.481 e. The third kappa shape index (κ3) is 1.53. The van der Waals surface area contributed by atoms with Crippen molar-refractivity contribution in [1.82, 2.24) is 0 Å². The number of hydrogen-bond donors (Lipinski definition) is 2. The lowest BCUT2D eigenvalue weighted by Crippen LogP contribution is -2.43. The molecule has 2 N–H and O–H groups in total. The molecule has 15 heavy (non-hydrogen) atoms. The maximum atomic E-state index is 11.1. The van der Waals surface area contributed by atoms with Crippen molar-refractivity contribution >= 4 is 43.8 Å². The van der Waals surface area contributed by atoms with Gasteiger partial charge in [-0.15, -0.1) is 0 Å². The van der Waals surface area contributed by atoms with Gasteiger partial charge in [0.15, 0.2) is 0 Å². The van der Waals surface area contributed by atoms with Crippen LogP contribution >= 0.6 is 31.9 Å². The SMILES string of the molecule is O=C(O)[C@@H]1[C@H]2C[C@H]([C@@H](Br)[C@@H]2Br)[C@@H]1C(=O)O. The standard InChI is InChI=1S/C9H10Br2O4/c10-6-2-1-3(7(6)11)5(9(14)15)4(2)8(12)13/h2-7H,1H2,(H,12,13)(H,14,15)/t2-,3+,4-,5+,6-,7-/m1/s1. The maximum Gasteiger partial charge on any atom is 0.307 e. The van der Waals surface area contributed by atoms with Gasteiger partial charge in [0.2, 0.25) is 0 Å². The molecule has 0 aromatic rings. The van der Waals surface area contributed by atoms with Gasteiger partial charge in [0.25, 0.3) is 0 Å². The van der Waals surface area contributed by atoms with E-state index in [1.807, 2.05) is 0 Å². The topological polar surface area (TPSA) is 74.6 Å². The normalized spacial score (nSPS) is 48.1. The molecule has 0 aromatic heterocycles. The monoisotopic (exact) mass is 340 g/mol. The fraction of sp³-hybridized carbons (Fsp3) is 0.778. The molecular weight excluding hydrogens is 332 g/mol. The van der Waals surface area contributed by atoms with Gasteiger partial charge in [0, 0.05) is 9.65 Å². The van der Waals surface area contributed by atoms with Crippen LogP contribution in [0.3, 0.4) is 0 Å². The molecule has 0 heterocycles. The van der Waals surface area contributed by atoms with E-state index in [1.165, 1.54) is 0 Å². The molecule has 6 heteroatoms. The third-order valence-corrected chi connectivity index (χ3v) is 6.75. The zero-order chi connectivity index (χ0) is 11.3. The number of aliphatic carboxylic acids is 2. The number of carbonyl (C=O) groups is 2. The van der Waals surface area contributed by atoms with Gasteiger partial charge in [-0.05, 0) is 18.3 Å². The van der Waals surface area contributed by atoms with Gasteiger partial charge in [-0.2, -0.15) is 0 Å². The molecule has 2 aliphatic carbocycles. The fourth-order valence-electron chi connectivity index (χ4n) is 2.94. The number of halogens is 2. The second kappa shape index (κ2) is 3.73. The molecule has 0 aromatic carbocycles. The van der Waals surface area contributed by atoms with Gasteiger partial charge in [0.1, 0.15) is 0 Å². The summed E-state index contributed by atoms with van der Waals surface area (Å²) in [5, 5.41) is 18.1. The Kier molecular flexibility index (Phi) is 2.83. The zero-order valence-electron chi connectivity index (χ0n) is 7.64. The van der Waals surface area contributed by atoms with Gasteiger partial charge in [-0.25, -0.2) is 0 Å². The first-order valence-electron chi connectivity index (χ1n) is 4.69. The molecule has 2 fully saturated rings. The van der Waals surface area contributed by atoms with E-state index in [1.54, 1.807) is 0 Å². The Balaban J connectivity index is 2.32. The molecule has 84 valence electrons. The molecule has 2 bridgehead atoms. The first-order valence-corrected chi connectivity index (χ1v) is 6.52. The molecule has 2 saturated carbocycles. The molecule has 6 atom stereocenters. The Morgan fingerprint density at radius 3 is 1.53 bits per heavy atom. The zero-order valence-corrected chi connectivity index (χ0v) is 10.8. The predicted octanol–water partition coefficient (Wildman–Crippen LogP) is 1.56. The number of carboxylic acids is 2. The van der Waals surface area contributed by atoms with Gasteiger partial charge in [0.05, 0.1) is 11.8 Å². The van der Waals surface area contributed by atoms with Crippen molar-refractivity contribution < 1.29 is 19.8 Å². The lowest BCUT2D eigenvalue weighted by molar-refractivity contribution is -0.155. The van der Waals surface area contributed by atoms with Crippen molar-refractivity contribution in [3.05, 3.63) is 0 Å². The van der Waals surface area contributed by atoms with E-state index in [-0.39, 0.29) is 21.5 Å². The van der Waals surface area contributed by atoms with E-state index in [0.717, 1.165) is 0 Å². The van der Waals surface area contributed by atoms with Crippen LogP contribution in [0.5, 0.6) is 0 Å². The summed E-state index contributed by atoms with van der Waals surface area (Å²) in [4.78, 5) is 22.3. The quantitative estimate of drug-likeness (QED) is 0.747. The van der Waals surface area contributed by atoms with Crippen molar-refractivity contribution in [2.75, 3.05) is 0 Å². The van der Waals surface area contributed by atoms with Crippen molar-refractivity contribution in [3.8, 4) is 0 Å². The summed E-state index contributed by atoms with van der Waals surface area (Å²) >= 11 is 6.89. The van der Waals surface area contributed by atoms with E-state index >= 15 is 0 Å². The fourth-order valence-corrected chi connectivity index (χ4v) is 4.82. The lowest BCUT2D eigenvalue weighted by Gasteiger charge is -2.31. The van der Waals surface area contributed by atoms with E-state index in [0.29, 0.717) is 6.42 Å². The molecule has 0 aliphatic heterocycles. The lowest BCUT2D eigenvalue weighted by atomic mass is 9.79. The average molecular weight is 342 g/mol. The van der Waals surface area contributed by atoms with E-state index < -0.39 is 23.8 Å². The van der Waals surface area contributed by atoms with Crippen LogP contribution in [-0.2, 0) is 9.59 Å². The first-order chi connectivity index (χ1) is 6.95. The predicted molar refractivity (Wildman–Crippen MR) is 59.3 cm³/mol. The largest absolute Gasteiger partial charge is 0.481 e. The van der Waals surface area contributed by atoms with Crippen molar-refractivity contribution in [2.45, 2.75) is 16.1 Å². The Hall–Kier alpha value is -0.100. The summed E-state index contributed by atoms with van der Waals surface area (Å²) in [6, 6.07) is 0. The Bertz CT molecular complexity index is 289. The summed E-state index contributed by atoms with van der Waals surface area (Å²) in [5.74, 6) is -3.61. The van der Waals surface area contributed by atoms with Crippen LogP contribution in [-0.4, -0.2) is 31.8 Å². The van der Waals surface area contributed by atoms with Crippen LogP contribution in [0.15, 0.2) is 0 Å². The van der Waals surface area contributed by atoms with Gasteiger partial charge >= 0.3 is 11.9 Å². The van der Waals surface area contributed by atoms with Gasteiger partial charge in [-0.3, -0.25) is 9.59 Å². The molecule has 4 nitrogen and oxygen atoms in total. The second-order valence-corrected chi connectivity index (χ2v) is 6.29. The number of carboxylic acid groups (broad SMARTS) is 2. The van der Waals surface area contributed by atoms with Gasteiger partial charge in [-0.1, -0.05) is 31.9 Å². The summed E-state index contributed by atoms with van der Waals surface area (Å²) in [7, 11) is 0. The van der Waals surface area contributed by atoms with Crippen molar-refractivity contribution in [1.29, 1.82) is 0 Å². The highest BCUT2D eigenvalue weighted by Gasteiger charge is 2.61. The number of rotatable bonds is 2. The van der Waals surface area contributed by atoms with Crippen molar-refractivity contribution in [2.24, 2.45) is 23.7 Å².